The van der Waals surface area contributed by atoms with E-state index in [0.29, 0.717) is 23.7 Å². The van der Waals surface area contributed by atoms with Crippen LogP contribution in [0.1, 0.15) is 17.2 Å². The lowest BCUT2D eigenvalue weighted by Gasteiger charge is -2.15. The van der Waals surface area contributed by atoms with Gasteiger partial charge in [-0.3, -0.25) is 4.79 Å². The van der Waals surface area contributed by atoms with Crippen molar-refractivity contribution < 1.29 is 19.0 Å². The van der Waals surface area contributed by atoms with E-state index in [2.05, 4.69) is 4.74 Å². The van der Waals surface area contributed by atoms with E-state index in [1.54, 1.807) is 25.3 Å². The van der Waals surface area contributed by atoms with Gasteiger partial charge in [0.05, 0.1) is 14.2 Å². The fourth-order valence-corrected chi connectivity index (χ4v) is 2.00. The van der Waals surface area contributed by atoms with E-state index in [0.717, 1.165) is 5.56 Å². The summed E-state index contributed by atoms with van der Waals surface area (Å²) in [5.74, 6) is 0.610. The molecule has 5 nitrogen and oxygen atoms in total. The van der Waals surface area contributed by atoms with Crippen LogP contribution in [0, 0.1) is 0 Å². The second-order valence-electron chi connectivity index (χ2n) is 4.69. The van der Waals surface area contributed by atoms with Crippen molar-refractivity contribution in [3.05, 3.63) is 59.7 Å². The summed E-state index contributed by atoms with van der Waals surface area (Å²) in [6.45, 7) is 0.397. The number of methoxy groups -OCH3 is 2. The highest BCUT2D eigenvalue weighted by Crippen LogP contribution is 2.30. The van der Waals surface area contributed by atoms with Gasteiger partial charge in [0.2, 0.25) is 0 Å². The van der Waals surface area contributed by atoms with Gasteiger partial charge in [-0.1, -0.05) is 36.4 Å². The molecule has 0 bridgehead atoms. The molecule has 0 aliphatic heterocycles. The van der Waals surface area contributed by atoms with Gasteiger partial charge in [-0.15, -0.1) is 0 Å². The minimum absolute atomic E-state index is 0.397. The smallest absolute Gasteiger partial charge is 0.327 e. The van der Waals surface area contributed by atoms with E-state index in [4.69, 9.17) is 15.2 Å². The summed E-state index contributed by atoms with van der Waals surface area (Å²) in [5.41, 5.74) is 7.49. The van der Waals surface area contributed by atoms with Crippen LogP contribution in [0.2, 0.25) is 0 Å². The van der Waals surface area contributed by atoms with Crippen molar-refractivity contribution >= 4 is 5.97 Å². The van der Waals surface area contributed by atoms with Crippen molar-refractivity contribution in [3.8, 4) is 11.5 Å². The summed E-state index contributed by atoms with van der Waals surface area (Å²) >= 11 is 0. The molecule has 2 rings (SSSR count). The van der Waals surface area contributed by atoms with Gasteiger partial charge in [0.15, 0.2) is 11.5 Å². The standard InChI is InChI=1S/C17H19NO4/c1-20-14-9-8-13(16(18)17(19)21-2)10-15(14)22-11-12-6-4-3-5-7-12/h3-10,16H,11,18H2,1-2H3/t16-/m0/s1. The average molecular weight is 301 g/mol. The number of rotatable bonds is 6. The van der Waals surface area contributed by atoms with Gasteiger partial charge in [-0.25, -0.2) is 0 Å². The van der Waals surface area contributed by atoms with E-state index >= 15 is 0 Å². The monoisotopic (exact) mass is 301 g/mol. The third kappa shape index (κ3) is 3.77. The van der Waals surface area contributed by atoms with Crippen LogP contribution in [-0.2, 0) is 16.1 Å². The Kier molecular flexibility index (Phi) is 5.38. The quantitative estimate of drug-likeness (QED) is 0.830. The number of hydrogen-bond donors (Lipinski definition) is 1. The Morgan fingerprint density at radius 1 is 1.09 bits per heavy atom. The van der Waals surface area contributed by atoms with Crippen LogP contribution in [0.4, 0.5) is 0 Å². The number of carbonyl (C=O) groups is 1. The maximum atomic E-state index is 11.5. The molecule has 22 heavy (non-hydrogen) atoms. The molecule has 2 aromatic carbocycles. The summed E-state index contributed by atoms with van der Waals surface area (Å²) < 4.78 is 15.7. The first-order chi connectivity index (χ1) is 10.7. The zero-order chi connectivity index (χ0) is 15.9. The van der Waals surface area contributed by atoms with E-state index in [-0.39, 0.29) is 0 Å². The van der Waals surface area contributed by atoms with Crippen LogP contribution in [0.3, 0.4) is 0 Å². The predicted molar refractivity (Wildman–Crippen MR) is 82.7 cm³/mol. The molecule has 0 fully saturated rings. The number of benzene rings is 2. The number of ether oxygens (including phenoxy) is 3. The predicted octanol–water partition coefficient (Wildman–Crippen LogP) is 2.45. The first-order valence-corrected chi connectivity index (χ1v) is 6.83. The van der Waals surface area contributed by atoms with Crippen LogP contribution in [0.15, 0.2) is 48.5 Å². The first-order valence-electron chi connectivity index (χ1n) is 6.83. The zero-order valence-corrected chi connectivity index (χ0v) is 12.6. The Hall–Kier alpha value is -2.53. The number of esters is 1. The molecule has 0 amide bonds. The Bertz CT molecular complexity index is 628. The topological polar surface area (TPSA) is 70.8 Å². The van der Waals surface area contributed by atoms with Crippen molar-refractivity contribution in [2.45, 2.75) is 12.6 Å². The van der Waals surface area contributed by atoms with Crippen molar-refractivity contribution in [2.24, 2.45) is 5.73 Å². The number of hydrogen-bond acceptors (Lipinski definition) is 5. The molecule has 0 aliphatic rings. The van der Waals surface area contributed by atoms with Gasteiger partial charge in [-0.05, 0) is 23.3 Å². The van der Waals surface area contributed by atoms with Gasteiger partial charge in [0.25, 0.3) is 0 Å². The highest BCUT2D eigenvalue weighted by molar-refractivity contribution is 5.77. The first kappa shape index (κ1) is 15.9. The maximum absolute atomic E-state index is 11.5. The Morgan fingerprint density at radius 3 is 2.45 bits per heavy atom. The summed E-state index contributed by atoms with van der Waals surface area (Å²) in [6, 6.07) is 14.1. The minimum Gasteiger partial charge on any atom is -0.493 e. The minimum atomic E-state index is -0.852. The molecule has 0 saturated carbocycles. The Labute approximate surface area is 129 Å². The normalized spacial score (nSPS) is 11.6. The molecule has 0 saturated heterocycles. The van der Waals surface area contributed by atoms with Crippen LogP contribution in [-0.4, -0.2) is 20.2 Å². The van der Waals surface area contributed by atoms with Crippen molar-refractivity contribution in [3.63, 3.8) is 0 Å². The lowest BCUT2D eigenvalue weighted by atomic mass is 10.1. The van der Waals surface area contributed by atoms with E-state index in [1.165, 1.54) is 7.11 Å². The molecular weight excluding hydrogens is 282 g/mol. The maximum Gasteiger partial charge on any atom is 0.327 e. The van der Waals surface area contributed by atoms with Crippen molar-refractivity contribution in [1.82, 2.24) is 0 Å². The summed E-state index contributed by atoms with van der Waals surface area (Å²) in [6.07, 6.45) is 0. The molecule has 2 N–H and O–H groups in total. The second kappa shape index (κ2) is 7.47. The second-order valence-corrected chi connectivity index (χ2v) is 4.69. The molecule has 0 spiro atoms. The van der Waals surface area contributed by atoms with E-state index < -0.39 is 12.0 Å². The molecule has 0 heterocycles. The van der Waals surface area contributed by atoms with Crippen LogP contribution >= 0.6 is 0 Å². The summed E-state index contributed by atoms with van der Waals surface area (Å²) in [5, 5.41) is 0. The highest BCUT2D eigenvalue weighted by atomic mass is 16.5. The lowest BCUT2D eigenvalue weighted by Crippen LogP contribution is -2.22. The van der Waals surface area contributed by atoms with Crippen molar-refractivity contribution in [1.29, 1.82) is 0 Å². The molecule has 1 atom stereocenters. The molecule has 0 aliphatic carbocycles. The Balaban J connectivity index is 2.19. The van der Waals surface area contributed by atoms with E-state index in [9.17, 15) is 4.79 Å². The fraction of sp³-hybridized carbons (Fsp3) is 0.235. The third-order valence-corrected chi connectivity index (χ3v) is 3.24. The van der Waals surface area contributed by atoms with Crippen LogP contribution < -0.4 is 15.2 Å². The van der Waals surface area contributed by atoms with Crippen LogP contribution in [0.25, 0.3) is 0 Å². The summed E-state index contributed by atoms with van der Waals surface area (Å²) in [4.78, 5) is 11.5. The molecule has 0 unspecified atom stereocenters. The van der Waals surface area contributed by atoms with Gasteiger partial charge in [0, 0.05) is 0 Å². The van der Waals surface area contributed by atoms with Gasteiger partial charge < -0.3 is 19.9 Å². The molecule has 0 aromatic heterocycles. The van der Waals surface area contributed by atoms with Gasteiger partial charge >= 0.3 is 5.97 Å². The molecule has 0 radical (unpaired) electrons. The molecule has 116 valence electrons. The Morgan fingerprint density at radius 2 is 1.82 bits per heavy atom. The average Bonchev–Trinajstić information content (AvgIpc) is 2.59. The largest absolute Gasteiger partial charge is 0.493 e. The molecule has 5 heteroatoms. The van der Waals surface area contributed by atoms with Crippen LogP contribution in [0.5, 0.6) is 11.5 Å². The third-order valence-electron chi connectivity index (χ3n) is 3.24. The highest BCUT2D eigenvalue weighted by Gasteiger charge is 2.18. The lowest BCUT2D eigenvalue weighted by molar-refractivity contribution is -0.142. The summed E-state index contributed by atoms with van der Waals surface area (Å²) in [7, 11) is 2.86. The fourth-order valence-electron chi connectivity index (χ4n) is 2.00. The van der Waals surface area contributed by atoms with Gasteiger partial charge in [0.1, 0.15) is 12.6 Å². The number of carbonyl (C=O) groups excluding carboxylic acids is 1. The zero-order valence-electron chi connectivity index (χ0n) is 12.6. The SMILES string of the molecule is COC(=O)[C@@H](N)c1ccc(OC)c(OCc2ccccc2)c1. The van der Waals surface area contributed by atoms with Crippen molar-refractivity contribution in [2.75, 3.05) is 14.2 Å². The molecular formula is C17H19NO4. The number of nitrogens with two attached hydrogens (primary N) is 1. The molecule has 2 aromatic rings. The van der Waals surface area contributed by atoms with E-state index in [1.807, 2.05) is 30.3 Å². The van der Waals surface area contributed by atoms with Gasteiger partial charge in [-0.2, -0.15) is 0 Å².